The van der Waals surface area contributed by atoms with E-state index in [-0.39, 0.29) is 28.7 Å². The minimum atomic E-state index is 0. The number of rotatable bonds is 4. The molecule has 1 aliphatic rings. The predicted molar refractivity (Wildman–Crippen MR) is 111 cm³/mol. The van der Waals surface area contributed by atoms with Crippen molar-refractivity contribution in [2.24, 2.45) is 10.9 Å². The summed E-state index contributed by atoms with van der Waals surface area (Å²) in [5.41, 5.74) is 0. The molecule has 5 nitrogen and oxygen atoms in total. The van der Waals surface area contributed by atoms with Gasteiger partial charge in [0.15, 0.2) is 5.96 Å². The molecule has 23 heavy (non-hydrogen) atoms. The largest absolute Gasteiger partial charge is 0.349 e. The molecule has 1 aromatic heterocycles. The maximum Gasteiger partial charge on any atom is 0.194 e. The smallest absolute Gasteiger partial charge is 0.194 e. The van der Waals surface area contributed by atoms with Crippen LogP contribution in [0.1, 0.15) is 33.5 Å². The van der Waals surface area contributed by atoms with Crippen LogP contribution in [0.15, 0.2) is 17.4 Å². The minimum Gasteiger partial charge on any atom is -0.349 e. The number of hydrogen-bond donors (Lipinski definition) is 1. The average Bonchev–Trinajstić information content (AvgIpc) is 2.85. The maximum atomic E-state index is 4.47. The molecule has 2 heterocycles. The number of hydrogen-bond acceptors (Lipinski definition) is 3. The second kappa shape index (κ2) is 9.15. The molecule has 1 fully saturated rings. The van der Waals surface area contributed by atoms with Gasteiger partial charge in [0.2, 0.25) is 0 Å². The van der Waals surface area contributed by atoms with Crippen LogP contribution in [-0.2, 0) is 13.1 Å². The Morgan fingerprint density at radius 2 is 2.22 bits per heavy atom. The number of aromatic nitrogens is 2. The van der Waals surface area contributed by atoms with Gasteiger partial charge in [-0.1, -0.05) is 13.8 Å². The number of guanidine groups is 1. The van der Waals surface area contributed by atoms with Crippen LogP contribution < -0.4 is 5.32 Å². The van der Waals surface area contributed by atoms with Crippen LogP contribution in [-0.4, -0.2) is 51.0 Å². The fourth-order valence-corrected chi connectivity index (χ4v) is 3.87. The minimum absolute atomic E-state index is 0. The molecule has 1 aromatic rings. The number of nitrogens with zero attached hydrogens (tertiary/aromatic N) is 4. The van der Waals surface area contributed by atoms with Crippen molar-refractivity contribution in [3.8, 4) is 0 Å². The monoisotopic (exact) mass is 451 g/mol. The first kappa shape index (κ1) is 20.6. The van der Waals surface area contributed by atoms with Gasteiger partial charge in [-0.15, -0.1) is 24.0 Å². The summed E-state index contributed by atoms with van der Waals surface area (Å²) in [6.45, 7) is 12.8. The highest BCUT2D eigenvalue weighted by Gasteiger charge is 2.28. The summed E-state index contributed by atoms with van der Waals surface area (Å²) in [7, 11) is 1.86. The lowest BCUT2D eigenvalue weighted by molar-refractivity contribution is 0.374. The van der Waals surface area contributed by atoms with Gasteiger partial charge < -0.3 is 14.8 Å². The van der Waals surface area contributed by atoms with E-state index in [1.54, 1.807) is 0 Å². The van der Waals surface area contributed by atoms with E-state index < -0.39 is 0 Å². The second-order valence-electron chi connectivity index (χ2n) is 6.82. The Hall–Kier alpha value is -0.440. The van der Waals surface area contributed by atoms with E-state index in [0.717, 1.165) is 43.7 Å². The number of aliphatic imine (C=N–C) groups is 1. The zero-order valence-electron chi connectivity index (χ0n) is 14.9. The molecule has 0 atom stereocenters. The zero-order valence-corrected chi connectivity index (χ0v) is 18.0. The molecule has 1 saturated heterocycles. The van der Waals surface area contributed by atoms with Crippen molar-refractivity contribution in [3.05, 3.63) is 18.2 Å². The molecule has 0 aliphatic carbocycles. The van der Waals surface area contributed by atoms with E-state index >= 15 is 0 Å². The van der Waals surface area contributed by atoms with Gasteiger partial charge in [0.05, 0.1) is 6.54 Å². The van der Waals surface area contributed by atoms with Gasteiger partial charge in [0.25, 0.3) is 0 Å². The Labute approximate surface area is 161 Å². The SMILES string of the molecule is CN=C(NCc1nccn1CC(C)C)N1CCSC(C)(C)C1.I. The first-order valence-electron chi connectivity index (χ1n) is 8.01. The molecule has 0 aromatic carbocycles. The van der Waals surface area contributed by atoms with Gasteiger partial charge in [-0.05, 0) is 19.8 Å². The molecule has 1 aliphatic heterocycles. The molecule has 7 heteroatoms. The van der Waals surface area contributed by atoms with Crippen molar-refractivity contribution in [1.82, 2.24) is 19.8 Å². The lowest BCUT2D eigenvalue weighted by Crippen LogP contribution is -2.50. The highest BCUT2D eigenvalue weighted by Crippen LogP contribution is 2.29. The molecule has 132 valence electrons. The van der Waals surface area contributed by atoms with Gasteiger partial charge in [0, 0.05) is 49.6 Å². The van der Waals surface area contributed by atoms with Gasteiger partial charge in [0.1, 0.15) is 5.82 Å². The summed E-state index contributed by atoms with van der Waals surface area (Å²) in [6.07, 6.45) is 3.93. The average molecular weight is 451 g/mol. The summed E-state index contributed by atoms with van der Waals surface area (Å²) in [5.74, 6) is 3.82. The van der Waals surface area contributed by atoms with Crippen LogP contribution in [0.2, 0.25) is 0 Å². The predicted octanol–water partition coefficient (Wildman–Crippen LogP) is 3.06. The number of imidazole rings is 1. The number of halogens is 1. The molecule has 0 amide bonds. The van der Waals surface area contributed by atoms with Crippen LogP contribution in [0.4, 0.5) is 0 Å². The Morgan fingerprint density at radius 1 is 1.48 bits per heavy atom. The van der Waals surface area contributed by atoms with Crippen molar-refractivity contribution in [2.75, 3.05) is 25.9 Å². The molecule has 0 radical (unpaired) electrons. The lowest BCUT2D eigenvalue weighted by Gasteiger charge is -2.39. The zero-order chi connectivity index (χ0) is 16.2. The van der Waals surface area contributed by atoms with Crippen LogP contribution in [0.5, 0.6) is 0 Å². The molecule has 0 saturated carbocycles. The van der Waals surface area contributed by atoms with Crippen molar-refractivity contribution in [2.45, 2.75) is 45.5 Å². The van der Waals surface area contributed by atoms with E-state index in [2.05, 4.69) is 58.7 Å². The summed E-state index contributed by atoms with van der Waals surface area (Å²) in [6, 6.07) is 0. The normalized spacial score (nSPS) is 18.0. The number of nitrogens with one attached hydrogen (secondary N) is 1. The summed E-state index contributed by atoms with van der Waals surface area (Å²) < 4.78 is 2.51. The molecule has 0 bridgehead atoms. The third kappa shape index (κ3) is 6.17. The number of thioether (sulfide) groups is 1. The quantitative estimate of drug-likeness (QED) is 0.434. The van der Waals surface area contributed by atoms with Crippen LogP contribution in [0, 0.1) is 5.92 Å². The summed E-state index contributed by atoms with van der Waals surface area (Å²) >= 11 is 2.04. The van der Waals surface area contributed by atoms with E-state index in [1.165, 1.54) is 0 Å². The van der Waals surface area contributed by atoms with E-state index in [9.17, 15) is 0 Å². The summed E-state index contributed by atoms with van der Waals surface area (Å²) in [4.78, 5) is 11.3. The van der Waals surface area contributed by atoms with Gasteiger partial charge >= 0.3 is 0 Å². The summed E-state index contributed by atoms with van der Waals surface area (Å²) in [5, 5.41) is 3.48. The first-order valence-corrected chi connectivity index (χ1v) is 8.99. The Morgan fingerprint density at radius 3 is 2.83 bits per heavy atom. The standard InChI is InChI=1S/C16H29N5S.HI/c1-13(2)11-20-7-6-18-14(20)10-19-15(17-5)21-8-9-22-16(3,4)12-21;/h6-7,13H,8-12H2,1-5H3,(H,17,19);1H. The Kier molecular flexibility index (Phi) is 8.20. The third-order valence-corrected chi connectivity index (χ3v) is 5.00. The van der Waals surface area contributed by atoms with Crippen LogP contribution in [0.3, 0.4) is 0 Å². The molecular formula is C16H30IN5S. The maximum absolute atomic E-state index is 4.47. The Bertz CT molecular complexity index is 512. The van der Waals surface area contributed by atoms with Crippen molar-refractivity contribution in [1.29, 1.82) is 0 Å². The van der Waals surface area contributed by atoms with Crippen LogP contribution >= 0.6 is 35.7 Å². The highest BCUT2D eigenvalue weighted by molar-refractivity contribution is 14.0. The van der Waals surface area contributed by atoms with E-state index in [1.807, 2.05) is 25.0 Å². The van der Waals surface area contributed by atoms with E-state index in [4.69, 9.17) is 0 Å². The molecule has 2 rings (SSSR count). The molecular weight excluding hydrogens is 421 g/mol. The van der Waals surface area contributed by atoms with Gasteiger partial charge in [-0.2, -0.15) is 11.8 Å². The first-order chi connectivity index (χ1) is 10.4. The molecule has 1 N–H and O–H groups in total. The molecule has 0 unspecified atom stereocenters. The fraction of sp³-hybridized carbons (Fsp3) is 0.750. The van der Waals surface area contributed by atoms with Gasteiger partial charge in [-0.25, -0.2) is 4.98 Å². The van der Waals surface area contributed by atoms with E-state index in [0.29, 0.717) is 5.92 Å². The van der Waals surface area contributed by atoms with Crippen molar-refractivity contribution in [3.63, 3.8) is 0 Å². The van der Waals surface area contributed by atoms with Gasteiger partial charge in [-0.3, -0.25) is 4.99 Å². The van der Waals surface area contributed by atoms with Crippen LogP contribution in [0.25, 0.3) is 0 Å². The second-order valence-corrected chi connectivity index (χ2v) is 8.62. The Balaban J connectivity index is 0.00000264. The third-order valence-electron chi connectivity index (χ3n) is 3.71. The topological polar surface area (TPSA) is 45.5 Å². The van der Waals surface area contributed by atoms with Crippen molar-refractivity contribution >= 4 is 41.7 Å². The molecule has 0 spiro atoms. The highest BCUT2D eigenvalue weighted by atomic mass is 127. The fourth-order valence-electron chi connectivity index (χ4n) is 2.75. The van der Waals surface area contributed by atoms with Crippen molar-refractivity contribution < 1.29 is 0 Å². The lowest BCUT2D eigenvalue weighted by atomic mass is 10.2.